The summed E-state index contributed by atoms with van der Waals surface area (Å²) in [7, 11) is -2.38. The van der Waals surface area contributed by atoms with Crippen LogP contribution in [0.25, 0.3) is 0 Å². The fourth-order valence-corrected chi connectivity index (χ4v) is 3.69. The van der Waals surface area contributed by atoms with E-state index in [0.717, 1.165) is 12.8 Å². The van der Waals surface area contributed by atoms with E-state index in [1.54, 1.807) is 0 Å². The van der Waals surface area contributed by atoms with Gasteiger partial charge in [0.15, 0.2) is 5.75 Å². The molecule has 1 aromatic rings. The molecule has 1 heterocycles. The molecule has 1 fully saturated rings. The Morgan fingerprint density at radius 2 is 2.20 bits per heavy atom. The van der Waals surface area contributed by atoms with Gasteiger partial charge in [0.05, 0.1) is 18.2 Å². The van der Waals surface area contributed by atoms with E-state index < -0.39 is 10.0 Å². The molecule has 0 unspecified atom stereocenters. The van der Waals surface area contributed by atoms with E-state index in [1.807, 2.05) is 0 Å². The molecule has 0 amide bonds. The van der Waals surface area contributed by atoms with Crippen LogP contribution in [0, 0.1) is 0 Å². The Kier molecular flexibility index (Phi) is 5.14. The summed E-state index contributed by atoms with van der Waals surface area (Å²) in [4.78, 5) is -0.0348. The standard InChI is InChI=1S/C12H15Cl2NO4S/c1-18-12-10(5-4-9(13)11(12)14)20(16,17)15-7-8-3-2-6-19-8/h4-5,8,15H,2-3,6-7H2,1H3/t8-/m0/s1. The van der Waals surface area contributed by atoms with Gasteiger partial charge in [-0.05, 0) is 25.0 Å². The molecule has 1 aromatic carbocycles. The Morgan fingerprint density at radius 1 is 1.45 bits per heavy atom. The summed E-state index contributed by atoms with van der Waals surface area (Å²) in [6, 6.07) is 2.79. The quantitative estimate of drug-likeness (QED) is 0.894. The first-order valence-corrected chi connectivity index (χ1v) is 8.33. The highest BCUT2D eigenvalue weighted by atomic mass is 35.5. The third kappa shape index (κ3) is 3.38. The van der Waals surface area contributed by atoms with E-state index >= 15 is 0 Å². The smallest absolute Gasteiger partial charge is 0.244 e. The average Bonchev–Trinajstić information content (AvgIpc) is 2.92. The van der Waals surface area contributed by atoms with Crippen molar-refractivity contribution in [2.24, 2.45) is 0 Å². The Hall–Kier alpha value is -0.530. The minimum Gasteiger partial charge on any atom is -0.494 e. The summed E-state index contributed by atoms with van der Waals surface area (Å²) in [6.07, 6.45) is 1.71. The second-order valence-electron chi connectivity index (χ2n) is 4.38. The maximum atomic E-state index is 12.3. The molecular formula is C12H15Cl2NO4S. The highest BCUT2D eigenvalue weighted by molar-refractivity contribution is 7.89. The van der Waals surface area contributed by atoms with Crippen molar-refractivity contribution >= 4 is 33.2 Å². The van der Waals surface area contributed by atoms with Crippen LogP contribution in [0.5, 0.6) is 5.75 Å². The van der Waals surface area contributed by atoms with Crippen molar-refractivity contribution in [2.45, 2.75) is 23.8 Å². The van der Waals surface area contributed by atoms with Gasteiger partial charge in [0.2, 0.25) is 10.0 Å². The van der Waals surface area contributed by atoms with Crippen molar-refractivity contribution in [2.75, 3.05) is 20.3 Å². The zero-order valence-corrected chi connectivity index (χ0v) is 13.2. The van der Waals surface area contributed by atoms with Crippen LogP contribution in [-0.2, 0) is 14.8 Å². The Labute approximate surface area is 128 Å². The van der Waals surface area contributed by atoms with E-state index in [-0.39, 0.29) is 33.3 Å². The van der Waals surface area contributed by atoms with Crippen LogP contribution in [0.1, 0.15) is 12.8 Å². The number of nitrogens with one attached hydrogen (secondary N) is 1. The third-order valence-electron chi connectivity index (χ3n) is 3.03. The molecule has 0 radical (unpaired) electrons. The lowest BCUT2D eigenvalue weighted by atomic mass is 10.2. The van der Waals surface area contributed by atoms with Gasteiger partial charge in [-0.2, -0.15) is 0 Å². The molecule has 112 valence electrons. The van der Waals surface area contributed by atoms with Crippen LogP contribution in [-0.4, -0.2) is 34.8 Å². The SMILES string of the molecule is COc1c(S(=O)(=O)NC[C@@H]2CCCO2)ccc(Cl)c1Cl. The molecule has 20 heavy (non-hydrogen) atoms. The fourth-order valence-electron chi connectivity index (χ4n) is 2.00. The van der Waals surface area contributed by atoms with Gasteiger partial charge in [-0.3, -0.25) is 0 Å². The topological polar surface area (TPSA) is 64.6 Å². The summed E-state index contributed by atoms with van der Waals surface area (Å²) in [5.74, 6) is 0.0407. The Morgan fingerprint density at radius 3 is 2.80 bits per heavy atom. The average molecular weight is 340 g/mol. The van der Waals surface area contributed by atoms with Crippen molar-refractivity contribution in [3.05, 3.63) is 22.2 Å². The van der Waals surface area contributed by atoms with Crippen LogP contribution in [0.3, 0.4) is 0 Å². The number of sulfonamides is 1. The lowest BCUT2D eigenvalue weighted by Gasteiger charge is -2.14. The number of rotatable bonds is 5. The second-order valence-corrected chi connectivity index (χ2v) is 6.90. The zero-order valence-electron chi connectivity index (χ0n) is 10.9. The third-order valence-corrected chi connectivity index (χ3v) is 5.27. The molecule has 1 aliphatic rings. The molecule has 8 heteroatoms. The van der Waals surface area contributed by atoms with E-state index in [4.69, 9.17) is 32.7 Å². The number of ether oxygens (including phenoxy) is 2. The number of hydrogen-bond acceptors (Lipinski definition) is 4. The maximum absolute atomic E-state index is 12.3. The lowest BCUT2D eigenvalue weighted by Crippen LogP contribution is -2.32. The van der Waals surface area contributed by atoms with Crippen LogP contribution in [0.15, 0.2) is 17.0 Å². The van der Waals surface area contributed by atoms with Crippen LogP contribution in [0.4, 0.5) is 0 Å². The van der Waals surface area contributed by atoms with Gasteiger partial charge < -0.3 is 9.47 Å². The number of benzene rings is 1. The predicted molar refractivity (Wildman–Crippen MR) is 77.2 cm³/mol. The van der Waals surface area contributed by atoms with Gasteiger partial charge in [-0.25, -0.2) is 13.1 Å². The van der Waals surface area contributed by atoms with E-state index in [2.05, 4.69) is 4.72 Å². The number of methoxy groups -OCH3 is 1. The molecule has 0 aliphatic carbocycles. The van der Waals surface area contributed by atoms with Gasteiger partial charge >= 0.3 is 0 Å². The van der Waals surface area contributed by atoms with Gasteiger partial charge in [-0.15, -0.1) is 0 Å². The summed E-state index contributed by atoms with van der Waals surface area (Å²) in [5.41, 5.74) is 0. The van der Waals surface area contributed by atoms with Crippen molar-refractivity contribution in [3.8, 4) is 5.75 Å². The summed E-state index contributed by atoms with van der Waals surface area (Å²) < 4.78 is 37.5. The normalized spacial score (nSPS) is 19.2. The van der Waals surface area contributed by atoms with Crippen molar-refractivity contribution in [1.29, 1.82) is 0 Å². The highest BCUT2D eigenvalue weighted by Crippen LogP contribution is 2.37. The van der Waals surface area contributed by atoms with Gasteiger partial charge in [0, 0.05) is 13.2 Å². The lowest BCUT2D eigenvalue weighted by molar-refractivity contribution is 0.114. The minimum atomic E-state index is -3.73. The van der Waals surface area contributed by atoms with E-state index in [9.17, 15) is 8.42 Å². The first kappa shape index (κ1) is 15.9. The van der Waals surface area contributed by atoms with E-state index in [1.165, 1.54) is 19.2 Å². The molecule has 1 N–H and O–H groups in total. The van der Waals surface area contributed by atoms with Gasteiger partial charge in [0.1, 0.15) is 9.92 Å². The second kappa shape index (κ2) is 6.49. The molecular weight excluding hydrogens is 325 g/mol. The Bertz CT molecular complexity index is 585. The predicted octanol–water partition coefficient (Wildman–Crippen LogP) is 2.46. The molecule has 0 aromatic heterocycles. The number of halogens is 2. The summed E-state index contributed by atoms with van der Waals surface area (Å²) >= 11 is 11.8. The first-order valence-electron chi connectivity index (χ1n) is 6.09. The minimum absolute atomic E-state index is 0.0348. The molecule has 1 aliphatic heterocycles. The molecule has 0 saturated carbocycles. The van der Waals surface area contributed by atoms with Crippen molar-refractivity contribution in [3.63, 3.8) is 0 Å². The van der Waals surface area contributed by atoms with Crippen LogP contribution < -0.4 is 9.46 Å². The van der Waals surface area contributed by atoms with Gasteiger partial charge in [-0.1, -0.05) is 23.2 Å². The molecule has 1 saturated heterocycles. The number of hydrogen-bond donors (Lipinski definition) is 1. The molecule has 0 spiro atoms. The molecule has 2 rings (SSSR count). The monoisotopic (exact) mass is 339 g/mol. The Balaban J connectivity index is 2.22. The van der Waals surface area contributed by atoms with Crippen LogP contribution in [0.2, 0.25) is 10.0 Å². The summed E-state index contributed by atoms with van der Waals surface area (Å²) in [6.45, 7) is 0.897. The fraction of sp³-hybridized carbons (Fsp3) is 0.500. The molecule has 1 atom stereocenters. The van der Waals surface area contributed by atoms with Crippen molar-refractivity contribution in [1.82, 2.24) is 4.72 Å². The van der Waals surface area contributed by atoms with Crippen molar-refractivity contribution < 1.29 is 17.9 Å². The first-order chi connectivity index (χ1) is 9.45. The molecule has 5 nitrogen and oxygen atoms in total. The van der Waals surface area contributed by atoms with Crippen LogP contribution >= 0.6 is 23.2 Å². The summed E-state index contributed by atoms with van der Waals surface area (Å²) in [5, 5.41) is 0.316. The zero-order chi connectivity index (χ0) is 14.8. The van der Waals surface area contributed by atoms with Gasteiger partial charge in [0.25, 0.3) is 0 Å². The van der Waals surface area contributed by atoms with E-state index in [0.29, 0.717) is 6.61 Å². The maximum Gasteiger partial charge on any atom is 0.244 e. The highest BCUT2D eigenvalue weighted by Gasteiger charge is 2.25. The molecule has 0 bridgehead atoms. The largest absolute Gasteiger partial charge is 0.494 e.